The first-order valence-electron chi connectivity index (χ1n) is 3.45. The molecule has 2 nitrogen and oxygen atoms in total. The minimum absolute atomic E-state index is 0.416. The maximum Gasteiger partial charge on any atom is 0.171 e. The molecule has 0 aromatic carbocycles. The topological polar surface area (TPSA) is 22.1 Å². The molecule has 1 aromatic rings. The SMILES string of the molecule is COc1cc(CBr)c(C)nc1Cl. The van der Waals surface area contributed by atoms with Crippen LogP contribution in [-0.2, 0) is 5.33 Å². The van der Waals surface area contributed by atoms with Crippen molar-refractivity contribution in [1.29, 1.82) is 0 Å². The fourth-order valence-electron chi connectivity index (χ4n) is 0.875. The Morgan fingerprint density at radius 1 is 1.67 bits per heavy atom. The second kappa shape index (κ2) is 4.10. The van der Waals surface area contributed by atoms with Crippen LogP contribution in [0.1, 0.15) is 11.3 Å². The second-order valence-electron chi connectivity index (χ2n) is 2.36. The van der Waals surface area contributed by atoms with Crippen LogP contribution in [-0.4, -0.2) is 12.1 Å². The van der Waals surface area contributed by atoms with Crippen molar-refractivity contribution in [2.75, 3.05) is 7.11 Å². The van der Waals surface area contributed by atoms with E-state index in [2.05, 4.69) is 20.9 Å². The van der Waals surface area contributed by atoms with E-state index in [1.807, 2.05) is 13.0 Å². The van der Waals surface area contributed by atoms with Gasteiger partial charge in [-0.15, -0.1) is 0 Å². The van der Waals surface area contributed by atoms with Crippen LogP contribution in [0.5, 0.6) is 5.75 Å². The standard InChI is InChI=1S/C8H9BrClNO/c1-5-6(4-9)3-7(12-2)8(10)11-5/h3H,4H2,1-2H3. The lowest BCUT2D eigenvalue weighted by Crippen LogP contribution is -1.94. The lowest BCUT2D eigenvalue weighted by molar-refractivity contribution is 0.412. The fourth-order valence-corrected chi connectivity index (χ4v) is 1.70. The number of nitrogens with zero attached hydrogens (tertiary/aromatic N) is 1. The Morgan fingerprint density at radius 2 is 2.33 bits per heavy atom. The van der Waals surface area contributed by atoms with Crippen LogP contribution in [0.25, 0.3) is 0 Å². The van der Waals surface area contributed by atoms with Gasteiger partial charge in [-0.3, -0.25) is 0 Å². The van der Waals surface area contributed by atoms with Crippen molar-refractivity contribution in [3.63, 3.8) is 0 Å². The van der Waals surface area contributed by atoms with Crippen molar-refractivity contribution >= 4 is 27.5 Å². The number of alkyl halides is 1. The molecule has 0 N–H and O–H groups in total. The van der Waals surface area contributed by atoms with E-state index in [0.29, 0.717) is 10.9 Å². The Hall–Kier alpha value is -0.280. The molecule has 12 heavy (non-hydrogen) atoms. The smallest absolute Gasteiger partial charge is 0.171 e. The summed E-state index contributed by atoms with van der Waals surface area (Å²) in [6.45, 7) is 1.92. The first kappa shape index (κ1) is 9.81. The molecular formula is C8H9BrClNO. The quantitative estimate of drug-likeness (QED) is 0.595. The largest absolute Gasteiger partial charge is 0.494 e. The number of rotatable bonds is 2. The number of aryl methyl sites for hydroxylation is 1. The average Bonchev–Trinajstić information content (AvgIpc) is 2.05. The molecule has 0 aliphatic rings. The Balaban J connectivity index is 3.18. The summed E-state index contributed by atoms with van der Waals surface area (Å²) in [4.78, 5) is 4.13. The third-order valence-electron chi connectivity index (χ3n) is 1.60. The van der Waals surface area contributed by atoms with Crippen LogP contribution in [0.3, 0.4) is 0 Å². The van der Waals surface area contributed by atoms with Crippen LogP contribution in [0, 0.1) is 6.92 Å². The number of halogens is 2. The summed E-state index contributed by atoms with van der Waals surface area (Å²) in [7, 11) is 1.58. The molecule has 0 saturated heterocycles. The van der Waals surface area contributed by atoms with E-state index < -0.39 is 0 Å². The van der Waals surface area contributed by atoms with Crippen molar-refractivity contribution < 1.29 is 4.74 Å². The zero-order valence-electron chi connectivity index (χ0n) is 6.90. The van der Waals surface area contributed by atoms with Gasteiger partial charge >= 0.3 is 0 Å². The molecule has 0 spiro atoms. The van der Waals surface area contributed by atoms with Gasteiger partial charge < -0.3 is 4.74 Å². The van der Waals surface area contributed by atoms with Crippen LogP contribution < -0.4 is 4.74 Å². The molecule has 4 heteroatoms. The van der Waals surface area contributed by atoms with E-state index in [0.717, 1.165) is 16.6 Å². The number of hydrogen-bond donors (Lipinski definition) is 0. The van der Waals surface area contributed by atoms with Gasteiger partial charge in [0, 0.05) is 11.0 Å². The highest BCUT2D eigenvalue weighted by atomic mass is 79.9. The van der Waals surface area contributed by atoms with E-state index in [1.54, 1.807) is 7.11 Å². The molecule has 66 valence electrons. The zero-order valence-corrected chi connectivity index (χ0v) is 9.24. The summed E-state index contributed by atoms with van der Waals surface area (Å²) in [5.74, 6) is 0.622. The monoisotopic (exact) mass is 249 g/mol. The van der Waals surface area contributed by atoms with E-state index >= 15 is 0 Å². The van der Waals surface area contributed by atoms with Gasteiger partial charge in [0.2, 0.25) is 0 Å². The van der Waals surface area contributed by atoms with Crippen molar-refractivity contribution in [3.8, 4) is 5.75 Å². The molecule has 0 fully saturated rings. The van der Waals surface area contributed by atoms with Gasteiger partial charge in [0.05, 0.1) is 7.11 Å². The molecule has 1 heterocycles. The predicted octanol–water partition coefficient (Wildman–Crippen LogP) is 2.95. The molecule has 0 saturated carbocycles. The number of aromatic nitrogens is 1. The molecule has 1 rings (SSSR count). The maximum atomic E-state index is 5.81. The first-order chi connectivity index (χ1) is 5.69. The summed E-state index contributed by atoms with van der Waals surface area (Å²) >= 11 is 9.16. The number of methoxy groups -OCH3 is 1. The minimum Gasteiger partial charge on any atom is -0.494 e. The number of hydrogen-bond acceptors (Lipinski definition) is 2. The summed E-state index contributed by atoms with van der Waals surface area (Å²) in [6.07, 6.45) is 0. The van der Waals surface area contributed by atoms with Gasteiger partial charge in [-0.25, -0.2) is 4.98 Å². The highest BCUT2D eigenvalue weighted by Gasteiger charge is 2.06. The predicted molar refractivity (Wildman–Crippen MR) is 53.2 cm³/mol. The Labute approximate surface area is 85.0 Å². The van der Waals surface area contributed by atoms with Gasteiger partial charge in [0.1, 0.15) is 0 Å². The first-order valence-corrected chi connectivity index (χ1v) is 4.95. The van der Waals surface area contributed by atoms with Crippen LogP contribution in [0.4, 0.5) is 0 Å². The number of pyridine rings is 1. The lowest BCUT2D eigenvalue weighted by atomic mass is 10.2. The summed E-state index contributed by atoms with van der Waals surface area (Å²) in [6, 6.07) is 1.89. The normalized spacial score (nSPS) is 10.0. The van der Waals surface area contributed by atoms with Gasteiger partial charge in [-0.05, 0) is 18.6 Å². The van der Waals surface area contributed by atoms with Gasteiger partial charge in [0.25, 0.3) is 0 Å². The third-order valence-corrected chi connectivity index (χ3v) is 2.48. The van der Waals surface area contributed by atoms with Crippen molar-refractivity contribution in [2.45, 2.75) is 12.3 Å². The Kier molecular flexibility index (Phi) is 3.35. The summed E-state index contributed by atoms with van der Waals surface area (Å²) in [5, 5.41) is 1.18. The average molecular weight is 251 g/mol. The fraction of sp³-hybridized carbons (Fsp3) is 0.375. The van der Waals surface area contributed by atoms with Crippen LogP contribution >= 0.6 is 27.5 Å². The van der Waals surface area contributed by atoms with Crippen LogP contribution in [0.2, 0.25) is 5.15 Å². The van der Waals surface area contributed by atoms with E-state index in [4.69, 9.17) is 16.3 Å². The van der Waals surface area contributed by atoms with E-state index in [-0.39, 0.29) is 0 Å². The summed E-state index contributed by atoms with van der Waals surface area (Å²) < 4.78 is 5.03. The Morgan fingerprint density at radius 3 is 2.83 bits per heavy atom. The molecule has 1 aromatic heterocycles. The van der Waals surface area contributed by atoms with E-state index in [9.17, 15) is 0 Å². The van der Waals surface area contributed by atoms with Crippen molar-refractivity contribution in [2.24, 2.45) is 0 Å². The molecule has 0 aliphatic carbocycles. The second-order valence-corrected chi connectivity index (χ2v) is 3.28. The highest BCUT2D eigenvalue weighted by Crippen LogP contribution is 2.25. The molecule has 0 aliphatic heterocycles. The zero-order chi connectivity index (χ0) is 9.14. The van der Waals surface area contributed by atoms with Gasteiger partial charge in [0.15, 0.2) is 10.9 Å². The van der Waals surface area contributed by atoms with Crippen molar-refractivity contribution in [3.05, 3.63) is 22.5 Å². The maximum absolute atomic E-state index is 5.81. The Bertz CT molecular complexity index is 265. The molecular weight excluding hydrogens is 241 g/mol. The lowest BCUT2D eigenvalue weighted by Gasteiger charge is -2.06. The highest BCUT2D eigenvalue weighted by molar-refractivity contribution is 9.08. The van der Waals surface area contributed by atoms with Gasteiger partial charge in [-0.2, -0.15) is 0 Å². The van der Waals surface area contributed by atoms with Crippen molar-refractivity contribution in [1.82, 2.24) is 4.98 Å². The summed E-state index contributed by atoms with van der Waals surface area (Å²) in [5.41, 5.74) is 2.02. The van der Waals surface area contributed by atoms with Crippen LogP contribution in [0.15, 0.2) is 6.07 Å². The molecule has 0 bridgehead atoms. The molecule has 0 amide bonds. The molecule has 0 unspecified atom stereocenters. The minimum atomic E-state index is 0.416. The molecule has 0 radical (unpaired) electrons. The molecule has 0 atom stereocenters. The van der Waals surface area contributed by atoms with E-state index in [1.165, 1.54) is 0 Å². The third kappa shape index (κ3) is 1.90. The number of ether oxygens (including phenoxy) is 1. The van der Waals surface area contributed by atoms with Gasteiger partial charge in [-0.1, -0.05) is 27.5 Å².